The van der Waals surface area contributed by atoms with E-state index in [0.717, 1.165) is 16.8 Å². The first-order valence-corrected chi connectivity index (χ1v) is 13.8. The van der Waals surface area contributed by atoms with E-state index in [4.69, 9.17) is 11.6 Å². The molecule has 0 aliphatic rings. The molecule has 0 aliphatic heterocycles. The second-order valence-corrected chi connectivity index (χ2v) is 10.7. The lowest BCUT2D eigenvalue weighted by molar-refractivity contribution is -0.138. The van der Waals surface area contributed by atoms with Gasteiger partial charge in [-0.2, -0.15) is 4.72 Å². The first-order chi connectivity index (χ1) is 18.7. The highest BCUT2D eigenvalue weighted by Gasteiger charge is 2.27. The number of hydrogen-bond acceptors (Lipinski definition) is 5. The summed E-state index contributed by atoms with van der Waals surface area (Å²) in [5.41, 5.74) is 3.76. The zero-order chi connectivity index (χ0) is 27.8. The van der Waals surface area contributed by atoms with Gasteiger partial charge >= 0.3 is 12.0 Å². The van der Waals surface area contributed by atoms with Crippen molar-refractivity contribution in [2.75, 3.05) is 11.9 Å². The zero-order valence-electron chi connectivity index (χ0n) is 20.6. The van der Waals surface area contributed by atoms with Crippen LogP contribution in [0.3, 0.4) is 0 Å². The topological polar surface area (TPSA) is 153 Å². The maximum Gasteiger partial charge on any atom is 0.322 e. The molecule has 0 saturated carbocycles. The van der Waals surface area contributed by atoms with E-state index in [-0.39, 0.29) is 22.4 Å². The molecule has 0 spiro atoms. The van der Waals surface area contributed by atoms with Crippen molar-refractivity contribution in [3.63, 3.8) is 0 Å². The largest absolute Gasteiger partial charge is 0.480 e. The molecule has 0 saturated heterocycles. The Balaban J connectivity index is 1.38. The van der Waals surface area contributed by atoms with Crippen LogP contribution in [0.1, 0.15) is 11.3 Å². The van der Waals surface area contributed by atoms with E-state index in [1.807, 2.05) is 18.2 Å². The second-order valence-electron chi connectivity index (χ2n) is 8.62. The van der Waals surface area contributed by atoms with E-state index in [9.17, 15) is 23.1 Å². The van der Waals surface area contributed by atoms with Crippen LogP contribution in [-0.4, -0.2) is 48.1 Å². The fourth-order valence-electron chi connectivity index (χ4n) is 3.85. The summed E-state index contributed by atoms with van der Waals surface area (Å²) in [6.07, 6.45) is 3.89. The number of hydrogen-bond donors (Lipinski definition) is 5. The molecule has 5 N–H and O–H groups in total. The lowest BCUT2D eigenvalue weighted by Crippen LogP contribution is -2.42. The van der Waals surface area contributed by atoms with Crippen molar-refractivity contribution in [3.8, 4) is 11.1 Å². The molecule has 1 heterocycles. The molecule has 0 fully saturated rings. The van der Waals surface area contributed by atoms with Crippen LogP contribution in [0.25, 0.3) is 11.1 Å². The zero-order valence-corrected chi connectivity index (χ0v) is 22.2. The summed E-state index contributed by atoms with van der Waals surface area (Å²) in [5.74, 6) is -1.31. The minimum absolute atomic E-state index is 0.00157. The van der Waals surface area contributed by atoms with Gasteiger partial charge in [-0.1, -0.05) is 60.1 Å². The molecule has 1 aromatic heterocycles. The molecule has 12 heteroatoms. The highest BCUT2D eigenvalue weighted by atomic mass is 35.5. The Labute approximate surface area is 230 Å². The molecule has 0 radical (unpaired) electrons. The van der Waals surface area contributed by atoms with E-state index in [2.05, 4.69) is 25.3 Å². The number of imidazole rings is 1. The number of rotatable bonds is 11. The lowest BCUT2D eigenvalue weighted by atomic mass is 10.0. The Kier molecular flexibility index (Phi) is 8.97. The number of carbonyl (C=O) groups excluding carboxylic acids is 1. The molecule has 39 heavy (non-hydrogen) atoms. The number of nitrogens with zero attached hydrogens (tertiary/aromatic N) is 1. The number of amides is 2. The molecular weight excluding hydrogens is 542 g/mol. The molecule has 0 unspecified atom stereocenters. The monoisotopic (exact) mass is 567 g/mol. The van der Waals surface area contributed by atoms with E-state index in [0.29, 0.717) is 24.2 Å². The van der Waals surface area contributed by atoms with Gasteiger partial charge in [0.2, 0.25) is 10.0 Å². The fourth-order valence-corrected chi connectivity index (χ4v) is 5.55. The molecule has 1 atom stereocenters. The van der Waals surface area contributed by atoms with Gasteiger partial charge < -0.3 is 20.7 Å². The SMILES string of the molecule is O=C(NCCc1c[nH]cn1)Nc1cccc(-c2ccc(C[C@H](NS(=O)(=O)c3ccccc3Cl)C(=O)O)cc2)c1. The van der Waals surface area contributed by atoms with Crippen LogP contribution in [-0.2, 0) is 27.7 Å². The average molecular weight is 568 g/mol. The summed E-state index contributed by atoms with van der Waals surface area (Å²) in [7, 11) is -4.15. The number of halogens is 1. The van der Waals surface area contributed by atoms with Crippen LogP contribution in [0.15, 0.2) is 90.2 Å². The van der Waals surface area contributed by atoms with E-state index < -0.39 is 22.0 Å². The van der Waals surface area contributed by atoms with Gasteiger partial charge in [-0.05, 0) is 47.4 Å². The fraction of sp³-hybridized carbons (Fsp3) is 0.148. The summed E-state index contributed by atoms with van der Waals surface area (Å²) in [5, 5.41) is 15.2. The van der Waals surface area contributed by atoms with Gasteiger partial charge in [-0.15, -0.1) is 0 Å². The number of nitrogens with one attached hydrogen (secondary N) is 4. The maximum absolute atomic E-state index is 12.7. The van der Waals surface area contributed by atoms with Gasteiger partial charge in [0.25, 0.3) is 0 Å². The van der Waals surface area contributed by atoms with Crippen LogP contribution in [0, 0.1) is 0 Å². The van der Waals surface area contributed by atoms with Gasteiger partial charge in [0, 0.05) is 24.8 Å². The molecule has 4 aromatic rings. The quantitative estimate of drug-likeness (QED) is 0.184. The first kappa shape index (κ1) is 27.8. The van der Waals surface area contributed by atoms with Gasteiger partial charge in [0.05, 0.1) is 17.0 Å². The van der Waals surface area contributed by atoms with Crippen LogP contribution in [0.2, 0.25) is 5.02 Å². The number of urea groups is 1. The summed E-state index contributed by atoms with van der Waals surface area (Å²) in [6.45, 7) is 0.434. The Morgan fingerprint density at radius 3 is 2.46 bits per heavy atom. The number of aliphatic carboxylic acids is 1. The molecule has 0 bridgehead atoms. The Hall–Kier alpha value is -4.19. The average Bonchev–Trinajstić information content (AvgIpc) is 3.42. The van der Waals surface area contributed by atoms with Crippen molar-refractivity contribution < 1.29 is 23.1 Å². The van der Waals surface area contributed by atoms with Crippen molar-refractivity contribution in [1.82, 2.24) is 20.0 Å². The smallest absolute Gasteiger partial charge is 0.322 e. The molecule has 3 aromatic carbocycles. The number of aromatic amines is 1. The minimum Gasteiger partial charge on any atom is -0.480 e. The summed E-state index contributed by atoms with van der Waals surface area (Å²) in [4.78, 5) is 30.9. The lowest BCUT2D eigenvalue weighted by Gasteiger charge is -2.16. The predicted molar refractivity (Wildman–Crippen MR) is 148 cm³/mol. The van der Waals surface area contributed by atoms with Gasteiger partial charge in [0.15, 0.2) is 0 Å². The standard InChI is InChI=1S/C27H26ClN5O5S/c28-23-6-1-2-7-25(23)39(37,38)33-24(26(34)35)14-18-8-10-19(11-9-18)20-4-3-5-21(15-20)32-27(36)30-13-12-22-16-29-17-31-22/h1-11,15-17,24,33H,12-14H2,(H,29,31)(H,34,35)(H2,30,32,36)/t24-/m0/s1. The Morgan fingerprint density at radius 2 is 1.77 bits per heavy atom. The Bertz CT molecular complexity index is 1540. The predicted octanol–water partition coefficient (Wildman–Crippen LogP) is 4.07. The van der Waals surface area contributed by atoms with Gasteiger partial charge in [0.1, 0.15) is 10.9 Å². The normalized spacial score (nSPS) is 12.0. The number of carboxylic acids is 1. The van der Waals surface area contributed by atoms with E-state index in [1.165, 1.54) is 18.2 Å². The first-order valence-electron chi connectivity index (χ1n) is 11.9. The van der Waals surface area contributed by atoms with Crippen molar-refractivity contribution in [3.05, 3.63) is 102 Å². The third-order valence-corrected chi connectivity index (χ3v) is 7.76. The number of aromatic nitrogens is 2. The van der Waals surface area contributed by atoms with Crippen molar-refractivity contribution in [1.29, 1.82) is 0 Å². The molecule has 0 aliphatic carbocycles. The number of benzene rings is 3. The third kappa shape index (κ3) is 7.66. The van der Waals surface area contributed by atoms with E-state index in [1.54, 1.807) is 48.9 Å². The van der Waals surface area contributed by atoms with Crippen molar-refractivity contribution >= 4 is 39.3 Å². The number of anilines is 1. The molecular formula is C27H26ClN5O5S. The van der Waals surface area contributed by atoms with Gasteiger partial charge in [-0.3, -0.25) is 4.79 Å². The summed E-state index contributed by atoms with van der Waals surface area (Å²) < 4.78 is 27.7. The third-order valence-electron chi connectivity index (χ3n) is 5.79. The molecule has 202 valence electrons. The van der Waals surface area contributed by atoms with Gasteiger partial charge in [-0.25, -0.2) is 18.2 Å². The number of sulfonamides is 1. The number of carbonyl (C=O) groups is 2. The summed E-state index contributed by atoms with van der Waals surface area (Å²) in [6, 6.07) is 18.5. The maximum atomic E-state index is 12.7. The highest BCUT2D eigenvalue weighted by Crippen LogP contribution is 2.24. The number of H-pyrrole nitrogens is 1. The van der Waals surface area contributed by atoms with Crippen molar-refractivity contribution in [2.45, 2.75) is 23.8 Å². The summed E-state index contributed by atoms with van der Waals surface area (Å²) >= 11 is 5.99. The highest BCUT2D eigenvalue weighted by molar-refractivity contribution is 7.89. The van der Waals surface area contributed by atoms with Crippen molar-refractivity contribution in [2.24, 2.45) is 0 Å². The number of carboxylic acid groups (broad SMARTS) is 1. The van der Waals surface area contributed by atoms with E-state index >= 15 is 0 Å². The minimum atomic E-state index is -4.15. The van der Waals surface area contributed by atoms with Crippen LogP contribution < -0.4 is 15.4 Å². The van der Waals surface area contributed by atoms with Crippen LogP contribution >= 0.6 is 11.6 Å². The van der Waals surface area contributed by atoms with Crippen LogP contribution in [0.5, 0.6) is 0 Å². The molecule has 2 amide bonds. The Morgan fingerprint density at radius 1 is 1.00 bits per heavy atom. The van der Waals surface area contributed by atoms with Crippen LogP contribution in [0.4, 0.5) is 10.5 Å². The molecule has 10 nitrogen and oxygen atoms in total. The second kappa shape index (κ2) is 12.6. The molecule has 4 rings (SSSR count).